The van der Waals surface area contributed by atoms with Crippen LogP contribution in [-0.4, -0.2) is 77.4 Å². The standard InChI is InChI=1S/C13H25NOSi.C11H20O2.C10H18O3.C8H14O.C5H11NSi.CH3I/c1-7-16(5,6)15-13(4,11-14)10-8-9-12(2)3;1-5-10(12)11(4,13)8-6-7-9(2)3;1-8(2)5-4-6-10(3,13)9(12)7-11;1-7(2)5-4-6-8(3)9;1-4-7(2,3)5-6;1-2/h9H,7-8,10H2,1-6H3;7,13H,5-6,8H2,1-4H3;5,11,13H,4,6-7H2,1-3H3;5H,4,6H2,1-3H3;4H2,1-3H3;1H3/t13-;11-;10-;;;/m000.../s1. The molecule has 0 rings (SSSR count). The van der Waals surface area contributed by atoms with Crippen molar-refractivity contribution in [1.29, 1.82) is 10.5 Å². The number of hydrogen-bond donors (Lipinski definition) is 3. The molecule has 9 nitrogen and oxygen atoms in total. The van der Waals surface area contributed by atoms with E-state index < -0.39 is 45.6 Å². The van der Waals surface area contributed by atoms with Crippen LogP contribution in [0.4, 0.5) is 0 Å². The molecular formula is C48H91IN2O7Si2. The van der Waals surface area contributed by atoms with E-state index in [1.165, 1.54) is 23.6 Å². The molecule has 0 bridgehead atoms. The number of aliphatic hydroxyl groups is 3. The van der Waals surface area contributed by atoms with Crippen molar-refractivity contribution in [3.63, 3.8) is 0 Å². The van der Waals surface area contributed by atoms with Crippen LogP contribution in [0.1, 0.15) is 162 Å². The Morgan fingerprint density at radius 2 is 0.983 bits per heavy atom. The minimum atomic E-state index is -1.65. The van der Waals surface area contributed by atoms with Gasteiger partial charge in [0, 0.05) is 18.5 Å². The Hall–Kier alpha value is -2.05. The van der Waals surface area contributed by atoms with Gasteiger partial charge in [0.2, 0.25) is 0 Å². The Bertz CT molecular complexity index is 1340. The van der Waals surface area contributed by atoms with Crippen LogP contribution >= 0.6 is 22.6 Å². The number of carbonyl (C=O) groups excluding carboxylic acids is 3. The van der Waals surface area contributed by atoms with Gasteiger partial charge in [-0.15, -0.1) is 0 Å². The minimum Gasteiger partial charge on any atom is -0.400 e. The van der Waals surface area contributed by atoms with Crippen molar-refractivity contribution in [2.45, 2.75) is 217 Å². The summed E-state index contributed by atoms with van der Waals surface area (Å²) in [5.74, 6) is -0.322. The number of ketones is 3. The van der Waals surface area contributed by atoms with Crippen molar-refractivity contribution in [2.75, 3.05) is 11.5 Å². The van der Waals surface area contributed by atoms with Crippen molar-refractivity contribution < 1.29 is 34.1 Å². The number of nitrogens with zero attached hydrogens (tertiary/aromatic N) is 2. The highest BCUT2D eigenvalue weighted by atomic mass is 127. The maximum absolute atomic E-state index is 11.2. The largest absolute Gasteiger partial charge is 0.400 e. The van der Waals surface area contributed by atoms with Gasteiger partial charge in [-0.2, -0.15) is 5.26 Å². The summed E-state index contributed by atoms with van der Waals surface area (Å²) in [4.78, 5) is 34.6. The highest BCUT2D eigenvalue weighted by molar-refractivity contribution is 14.1. The predicted octanol–water partition coefficient (Wildman–Crippen LogP) is 12.9. The summed E-state index contributed by atoms with van der Waals surface area (Å²) >= 11 is 2.15. The first kappa shape index (κ1) is 69.6. The van der Waals surface area contributed by atoms with Gasteiger partial charge in [-0.3, -0.25) is 9.59 Å². The van der Waals surface area contributed by atoms with E-state index in [2.05, 4.69) is 100 Å². The molecule has 3 N–H and O–H groups in total. The van der Waals surface area contributed by atoms with E-state index in [0.29, 0.717) is 32.1 Å². The Balaban J connectivity index is -0.000000154. The number of carbonyl (C=O) groups is 3. The molecule has 60 heavy (non-hydrogen) atoms. The highest BCUT2D eigenvalue weighted by Gasteiger charge is 2.33. The molecule has 0 aromatic heterocycles. The SMILES string of the molecule is CC(=O)CCC=C(C)C.CC(C)=CCC[C@](C)(O)C(=O)CO.CCC(=O)[C@@](C)(O)CCC=C(C)C.CC[Si](C)(C)C#N.CC[Si](C)(C)O[C@](C)(C#N)CCC=C(C)C.CI. The molecule has 0 saturated carbocycles. The third-order valence-electron chi connectivity index (χ3n) is 9.03. The fourth-order valence-electron chi connectivity index (χ4n) is 4.20. The topological polar surface area (TPSA) is 169 Å². The summed E-state index contributed by atoms with van der Waals surface area (Å²) in [7, 11) is -3.00. The summed E-state index contributed by atoms with van der Waals surface area (Å²) in [5.41, 5.74) is 4.16. The molecule has 0 aliphatic heterocycles. The average molecular weight is 991 g/mol. The van der Waals surface area contributed by atoms with Gasteiger partial charge >= 0.3 is 0 Å². The first-order valence-corrected chi connectivity index (χ1v) is 29.8. The van der Waals surface area contributed by atoms with Crippen LogP contribution < -0.4 is 0 Å². The summed E-state index contributed by atoms with van der Waals surface area (Å²) in [6, 6.07) is 4.45. The van der Waals surface area contributed by atoms with Crippen molar-refractivity contribution >= 4 is 56.3 Å². The average Bonchev–Trinajstić information content (AvgIpc) is 3.14. The van der Waals surface area contributed by atoms with Crippen molar-refractivity contribution in [3.05, 3.63) is 46.6 Å². The van der Waals surface area contributed by atoms with Gasteiger partial charge in [0.25, 0.3) is 0 Å². The van der Waals surface area contributed by atoms with Gasteiger partial charge in [0.15, 0.2) is 28.0 Å². The number of rotatable bonds is 20. The minimum absolute atomic E-state index is 0.0744. The van der Waals surface area contributed by atoms with Crippen LogP contribution in [0.25, 0.3) is 0 Å². The van der Waals surface area contributed by atoms with E-state index in [1.807, 2.05) is 65.5 Å². The molecular weight excluding hydrogens is 900 g/mol. The molecule has 0 saturated heterocycles. The molecule has 0 unspecified atom stereocenters. The molecule has 0 fully saturated rings. The van der Waals surface area contributed by atoms with Gasteiger partial charge < -0.3 is 24.5 Å². The van der Waals surface area contributed by atoms with Crippen LogP contribution in [0, 0.1) is 22.3 Å². The quantitative estimate of drug-likeness (QED) is 0.0465. The van der Waals surface area contributed by atoms with Crippen LogP contribution in [0.3, 0.4) is 0 Å². The smallest absolute Gasteiger partial charge is 0.189 e. The normalized spacial score (nSPS) is 13.1. The van der Waals surface area contributed by atoms with Gasteiger partial charge in [-0.1, -0.05) is 103 Å². The fraction of sp³-hybridized carbons (Fsp3) is 0.729. The molecule has 350 valence electrons. The molecule has 0 radical (unpaired) electrons. The van der Waals surface area contributed by atoms with E-state index in [9.17, 15) is 29.9 Å². The van der Waals surface area contributed by atoms with Crippen LogP contribution in [-0.2, 0) is 18.8 Å². The van der Waals surface area contributed by atoms with E-state index in [0.717, 1.165) is 43.3 Å². The molecule has 12 heteroatoms. The molecule has 0 heterocycles. The second kappa shape index (κ2) is 38.6. The zero-order chi connectivity index (χ0) is 49.0. The van der Waals surface area contributed by atoms with Crippen molar-refractivity contribution in [3.8, 4) is 11.8 Å². The first-order chi connectivity index (χ1) is 27.3. The lowest BCUT2D eigenvalue weighted by atomic mass is 9.93. The Morgan fingerprint density at radius 1 is 0.633 bits per heavy atom. The maximum Gasteiger partial charge on any atom is 0.189 e. The lowest BCUT2D eigenvalue weighted by Crippen LogP contribution is -2.41. The highest BCUT2D eigenvalue weighted by Crippen LogP contribution is 2.25. The van der Waals surface area contributed by atoms with Gasteiger partial charge in [-0.05, 0) is 158 Å². The Kier molecular flexibility index (Phi) is 44.8. The second-order valence-electron chi connectivity index (χ2n) is 17.8. The van der Waals surface area contributed by atoms with E-state index >= 15 is 0 Å². The molecule has 0 aromatic rings. The Morgan fingerprint density at radius 3 is 1.23 bits per heavy atom. The summed E-state index contributed by atoms with van der Waals surface area (Å²) in [5, 5.41) is 45.5. The third-order valence-corrected chi connectivity index (χ3v) is 14.1. The van der Waals surface area contributed by atoms with Crippen molar-refractivity contribution in [2.24, 2.45) is 0 Å². The molecule has 0 spiro atoms. The lowest BCUT2D eigenvalue weighted by Gasteiger charge is -2.32. The number of hydrogen-bond acceptors (Lipinski definition) is 9. The monoisotopic (exact) mass is 991 g/mol. The summed E-state index contributed by atoms with van der Waals surface area (Å²) in [6.07, 6.45) is 14.2. The number of aliphatic hydroxyl groups excluding tert-OH is 1. The molecule has 0 aliphatic rings. The zero-order valence-electron chi connectivity index (χ0n) is 42.0. The predicted molar refractivity (Wildman–Crippen MR) is 271 cm³/mol. The van der Waals surface area contributed by atoms with Crippen LogP contribution in [0.5, 0.6) is 0 Å². The van der Waals surface area contributed by atoms with Crippen molar-refractivity contribution in [1.82, 2.24) is 0 Å². The van der Waals surface area contributed by atoms with Gasteiger partial charge in [0.1, 0.15) is 29.2 Å². The Labute approximate surface area is 385 Å². The maximum atomic E-state index is 11.2. The van der Waals surface area contributed by atoms with E-state index in [-0.39, 0.29) is 11.6 Å². The first-order valence-electron chi connectivity index (χ1n) is 21.3. The third kappa shape index (κ3) is 48.6. The number of Topliss-reactive ketones (excluding diaryl/α,β-unsaturated/α-hetero) is 3. The summed E-state index contributed by atoms with van der Waals surface area (Å²) in [6.45, 7) is 36.6. The molecule has 0 aliphatic carbocycles. The number of nitriles is 2. The number of alkyl halides is 1. The fourth-order valence-corrected chi connectivity index (χ4v) is 5.87. The van der Waals surface area contributed by atoms with Crippen LogP contribution in [0.15, 0.2) is 46.6 Å². The van der Waals surface area contributed by atoms with E-state index in [4.69, 9.17) is 14.8 Å². The second-order valence-corrected chi connectivity index (χ2v) is 26.9. The zero-order valence-corrected chi connectivity index (χ0v) is 46.2. The number of halogens is 1. The summed E-state index contributed by atoms with van der Waals surface area (Å²) < 4.78 is 6.05. The van der Waals surface area contributed by atoms with Gasteiger partial charge in [0.05, 0.1) is 6.07 Å². The van der Waals surface area contributed by atoms with Crippen LogP contribution in [0.2, 0.25) is 38.3 Å². The molecule has 3 atom stereocenters. The lowest BCUT2D eigenvalue weighted by molar-refractivity contribution is -0.139. The molecule has 0 amide bonds. The van der Waals surface area contributed by atoms with Gasteiger partial charge in [-0.25, -0.2) is 5.26 Å². The molecule has 0 aromatic carbocycles. The van der Waals surface area contributed by atoms with E-state index in [1.54, 1.807) is 20.8 Å². The number of allylic oxidation sites excluding steroid dienone is 8.